The first-order valence-electron chi connectivity index (χ1n) is 4.04. The minimum atomic E-state index is 0.820. The van der Waals surface area contributed by atoms with Gasteiger partial charge >= 0.3 is 0 Å². The van der Waals surface area contributed by atoms with E-state index in [9.17, 15) is 0 Å². The number of aryl methyl sites for hydroxylation is 1. The Morgan fingerprint density at radius 3 is 3.00 bits per heavy atom. The van der Waals surface area contributed by atoms with Gasteiger partial charge in [0.05, 0.1) is 11.4 Å². The molecule has 0 fully saturated rings. The van der Waals surface area contributed by atoms with Gasteiger partial charge in [-0.3, -0.25) is 4.98 Å². The smallest absolute Gasteiger partial charge is 0.0632 e. The molecule has 1 aromatic rings. The van der Waals surface area contributed by atoms with Crippen molar-refractivity contribution in [2.75, 3.05) is 5.73 Å². The van der Waals surface area contributed by atoms with Crippen LogP contribution in [0.4, 0.5) is 5.69 Å². The lowest BCUT2D eigenvalue weighted by molar-refractivity contribution is 0.779. The number of unbranched alkanes of at least 4 members (excludes halogenated alkanes) is 1. The van der Waals surface area contributed by atoms with E-state index in [1.807, 2.05) is 12.1 Å². The molecule has 0 aromatic carbocycles. The number of aromatic nitrogens is 1. The molecule has 60 valence electrons. The number of hydrogen-bond acceptors (Lipinski definition) is 2. The fourth-order valence-electron chi connectivity index (χ4n) is 1.00. The van der Waals surface area contributed by atoms with Gasteiger partial charge in [-0.1, -0.05) is 13.3 Å². The predicted octanol–water partition coefficient (Wildman–Crippen LogP) is 2.01. The molecule has 0 aliphatic carbocycles. The monoisotopic (exact) mass is 150 g/mol. The van der Waals surface area contributed by atoms with Gasteiger partial charge in [0.1, 0.15) is 0 Å². The van der Waals surface area contributed by atoms with Gasteiger partial charge in [0.15, 0.2) is 0 Å². The van der Waals surface area contributed by atoms with Crippen LogP contribution in [0.3, 0.4) is 0 Å². The molecule has 1 rings (SSSR count). The molecule has 2 nitrogen and oxygen atoms in total. The van der Waals surface area contributed by atoms with E-state index in [1.165, 1.54) is 12.8 Å². The van der Waals surface area contributed by atoms with Crippen LogP contribution in [0.2, 0.25) is 0 Å². The Kier molecular flexibility index (Phi) is 2.90. The van der Waals surface area contributed by atoms with Crippen LogP contribution in [-0.4, -0.2) is 4.98 Å². The maximum atomic E-state index is 5.70. The first kappa shape index (κ1) is 8.05. The molecule has 0 bridgehead atoms. The summed E-state index contributed by atoms with van der Waals surface area (Å²) in [6.07, 6.45) is 5.15. The molecule has 0 unspecified atom stereocenters. The second-order valence-electron chi connectivity index (χ2n) is 2.64. The summed E-state index contributed by atoms with van der Waals surface area (Å²) in [5.41, 5.74) is 7.56. The highest BCUT2D eigenvalue weighted by Gasteiger charge is 1.96. The van der Waals surface area contributed by atoms with E-state index in [0.717, 1.165) is 17.8 Å². The Balaban J connectivity index is 2.62. The van der Waals surface area contributed by atoms with Crippen LogP contribution in [0, 0.1) is 0 Å². The van der Waals surface area contributed by atoms with Crippen LogP contribution >= 0.6 is 0 Å². The average Bonchev–Trinajstić information content (AvgIpc) is 2.03. The second kappa shape index (κ2) is 3.96. The number of hydrogen-bond donors (Lipinski definition) is 1. The van der Waals surface area contributed by atoms with Crippen molar-refractivity contribution in [3.05, 3.63) is 24.0 Å². The average molecular weight is 150 g/mol. The van der Waals surface area contributed by atoms with Gasteiger partial charge in [-0.25, -0.2) is 0 Å². The summed E-state index contributed by atoms with van der Waals surface area (Å²) in [5.74, 6) is 0. The first-order valence-corrected chi connectivity index (χ1v) is 4.04. The topological polar surface area (TPSA) is 38.9 Å². The molecule has 0 aliphatic rings. The summed E-state index contributed by atoms with van der Waals surface area (Å²) in [6, 6.07) is 3.77. The third-order valence-electron chi connectivity index (χ3n) is 1.69. The van der Waals surface area contributed by atoms with E-state index in [4.69, 9.17) is 5.73 Å². The number of nitrogen functional groups attached to an aromatic ring is 1. The highest BCUT2D eigenvalue weighted by molar-refractivity contribution is 5.41. The molecule has 1 heterocycles. The molecule has 1 aromatic heterocycles. The van der Waals surface area contributed by atoms with E-state index in [-0.39, 0.29) is 0 Å². The Morgan fingerprint density at radius 2 is 2.36 bits per heavy atom. The summed E-state index contributed by atoms with van der Waals surface area (Å²) in [4.78, 5) is 4.19. The van der Waals surface area contributed by atoms with E-state index in [0.29, 0.717) is 0 Å². The lowest BCUT2D eigenvalue weighted by atomic mass is 10.1. The molecule has 2 heteroatoms. The molecule has 0 saturated carbocycles. The summed E-state index contributed by atoms with van der Waals surface area (Å²) >= 11 is 0. The number of pyridine rings is 1. The van der Waals surface area contributed by atoms with Crippen molar-refractivity contribution >= 4 is 5.69 Å². The van der Waals surface area contributed by atoms with Crippen LogP contribution in [0.15, 0.2) is 18.3 Å². The fraction of sp³-hybridized carbons (Fsp3) is 0.444. The summed E-state index contributed by atoms with van der Waals surface area (Å²) in [5, 5.41) is 0. The Hall–Kier alpha value is -1.05. The molecule has 0 amide bonds. The van der Waals surface area contributed by atoms with Gasteiger partial charge in [-0.2, -0.15) is 0 Å². The van der Waals surface area contributed by atoms with Crippen molar-refractivity contribution in [2.45, 2.75) is 26.2 Å². The van der Waals surface area contributed by atoms with Gasteiger partial charge < -0.3 is 5.73 Å². The Bertz CT molecular complexity index is 221. The maximum absolute atomic E-state index is 5.70. The van der Waals surface area contributed by atoms with Crippen LogP contribution < -0.4 is 5.73 Å². The lowest BCUT2D eigenvalue weighted by Crippen LogP contribution is -1.96. The normalized spacial score (nSPS) is 9.91. The molecular formula is C9H14N2. The predicted molar refractivity (Wildman–Crippen MR) is 47.3 cm³/mol. The van der Waals surface area contributed by atoms with E-state index in [2.05, 4.69) is 11.9 Å². The molecule has 0 atom stereocenters. The molecule has 0 radical (unpaired) electrons. The minimum absolute atomic E-state index is 0.820. The van der Waals surface area contributed by atoms with Gasteiger partial charge in [0.2, 0.25) is 0 Å². The number of nitrogens with two attached hydrogens (primary N) is 1. The molecule has 2 N–H and O–H groups in total. The van der Waals surface area contributed by atoms with Crippen molar-refractivity contribution in [3.63, 3.8) is 0 Å². The van der Waals surface area contributed by atoms with E-state index < -0.39 is 0 Å². The minimum Gasteiger partial charge on any atom is -0.397 e. The number of rotatable bonds is 3. The van der Waals surface area contributed by atoms with Gasteiger partial charge in [0, 0.05) is 6.20 Å². The van der Waals surface area contributed by atoms with Crippen LogP contribution in [-0.2, 0) is 6.42 Å². The molecule has 0 saturated heterocycles. The van der Waals surface area contributed by atoms with Crippen LogP contribution in [0.5, 0.6) is 0 Å². The van der Waals surface area contributed by atoms with Crippen molar-refractivity contribution in [3.8, 4) is 0 Å². The van der Waals surface area contributed by atoms with Crippen LogP contribution in [0.25, 0.3) is 0 Å². The quantitative estimate of drug-likeness (QED) is 0.715. The van der Waals surface area contributed by atoms with Crippen molar-refractivity contribution in [1.29, 1.82) is 0 Å². The highest BCUT2D eigenvalue weighted by atomic mass is 14.7. The summed E-state index contributed by atoms with van der Waals surface area (Å²) in [6.45, 7) is 2.17. The van der Waals surface area contributed by atoms with Crippen LogP contribution in [0.1, 0.15) is 25.5 Å². The summed E-state index contributed by atoms with van der Waals surface area (Å²) < 4.78 is 0. The zero-order valence-electron chi connectivity index (χ0n) is 6.88. The number of nitrogens with zero attached hydrogens (tertiary/aromatic N) is 1. The maximum Gasteiger partial charge on any atom is 0.0632 e. The Morgan fingerprint density at radius 1 is 1.55 bits per heavy atom. The molecular weight excluding hydrogens is 136 g/mol. The third kappa shape index (κ3) is 2.22. The zero-order chi connectivity index (χ0) is 8.10. The third-order valence-corrected chi connectivity index (χ3v) is 1.69. The number of anilines is 1. The van der Waals surface area contributed by atoms with Gasteiger partial charge in [0.25, 0.3) is 0 Å². The fourth-order valence-corrected chi connectivity index (χ4v) is 1.00. The van der Waals surface area contributed by atoms with Crippen molar-refractivity contribution in [2.24, 2.45) is 0 Å². The van der Waals surface area contributed by atoms with E-state index in [1.54, 1.807) is 6.20 Å². The molecule has 0 aliphatic heterocycles. The molecule has 0 spiro atoms. The highest BCUT2D eigenvalue weighted by Crippen LogP contribution is 2.09. The zero-order valence-corrected chi connectivity index (χ0v) is 6.88. The van der Waals surface area contributed by atoms with Crippen molar-refractivity contribution in [1.82, 2.24) is 4.98 Å². The van der Waals surface area contributed by atoms with Gasteiger partial charge in [-0.15, -0.1) is 0 Å². The Labute approximate surface area is 67.5 Å². The summed E-state index contributed by atoms with van der Waals surface area (Å²) in [7, 11) is 0. The van der Waals surface area contributed by atoms with E-state index >= 15 is 0 Å². The standard InChI is InChI=1S/C9H14N2/c1-2-3-6-9-8(10)5-4-7-11-9/h4-5,7H,2-3,6,10H2,1H3. The SMILES string of the molecule is CCCCc1ncccc1N. The second-order valence-corrected chi connectivity index (χ2v) is 2.64. The first-order chi connectivity index (χ1) is 5.34. The molecule has 11 heavy (non-hydrogen) atoms. The van der Waals surface area contributed by atoms with Gasteiger partial charge in [-0.05, 0) is 25.0 Å². The largest absolute Gasteiger partial charge is 0.397 e. The van der Waals surface area contributed by atoms with Crippen molar-refractivity contribution < 1.29 is 0 Å². The lowest BCUT2D eigenvalue weighted by Gasteiger charge is -2.01.